The molecule has 0 radical (unpaired) electrons. The molecule has 27 heavy (non-hydrogen) atoms. The monoisotopic (exact) mass is 366 g/mol. The van der Waals surface area contributed by atoms with E-state index >= 15 is 0 Å². The second-order valence-electron chi connectivity index (χ2n) is 7.93. The first kappa shape index (κ1) is 17.0. The first-order chi connectivity index (χ1) is 13.1. The number of amides is 1. The van der Waals surface area contributed by atoms with Crippen LogP contribution in [0.15, 0.2) is 30.3 Å². The molecular formula is C21H26N4O2. The fourth-order valence-corrected chi connectivity index (χ4v) is 5.15. The third-order valence-corrected chi connectivity index (χ3v) is 6.53. The molecule has 0 aliphatic carbocycles. The van der Waals surface area contributed by atoms with Gasteiger partial charge in [0, 0.05) is 43.7 Å². The molecule has 1 aromatic carbocycles. The summed E-state index contributed by atoms with van der Waals surface area (Å²) in [7, 11) is 0. The number of benzene rings is 1. The Morgan fingerprint density at radius 1 is 1.22 bits per heavy atom. The minimum Gasteiger partial charge on any atom is -0.354 e. The summed E-state index contributed by atoms with van der Waals surface area (Å²) in [6.45, 7) is 7.60. The standard InChI is InChI=1S/C21H26N4O2/c1-15-18(16(2)25(22-15)17-7-4-3-5-8-17)14-23-11-9-21-19(23)13-20(26)24(21)10-6-12-27-21/h3-5,7-8,19H,6,9-14H2,1-2H3/t19-,21+/m1/s1. The van der Waals surface area contributed by atoms with E-state index in [2.05, 4.69) is 30.9 Å². The zero-order valence-electron chi connectivity index (χ0n) is 16.0. The largest absolute Gasteiger partial charge is 0.354 e. The highest BCUT2D eigenvalue weighted by atomic mass is 16.5. The van der Waals surface area contributed by atoms with Crippen LogP contribution < -0.4 is 0 Å². The minimum absolute atomic E-state index is 0.157. The molecule has 4 heterocycles. The molecule has 1 aromatic heterocycles. The molecule has 6 heteroatoms. The van der Waals surface area contributed by atoms with Crippen molar-refractivity contribution in [2.75, 3.05) is 19.7 Å². The normalized spacial score (nSPS) is 27.9. The third kappa shape index (κ3) is 2.47. The lowest BCUT2D eigenvalue weighted by atomic mass is 10.0. The van der Waals surface area contributed by atoms with Gasteiger partial charge in [0.05, 0.1) is 24.0 Å². The molecule has 1 spiro atoms. The summed E-state index contributed by atoms with van der Waals surface area (Å²) >= 11 is 0. The fraction of sp³-hybridized carbons (Fsp3) is 0.524. The highest BCUT2D eigenvalue weighted by molar-refractivity contribution is 5.81. The maximum Gasteiger partial charge on any atom is 0.226 e. The molecule has 6 nitrogen and oxygen atoms in total. The lowest BCUT2D eigenvalue weighted by Crippen LogP contribution is -2.56. The van der Waals surface area contributed by atoms with Gasteiger partial charge in [0.1, 0.15) is 0 Å². The van der Waals surface area contributed by atoms with Crippen molar-refractivity contribution in [3.63, 3.8) is 0 Å². The lowest BCUT2D eigenvalue weighted by Gasteiger charge is -2.42. The summed E-state index contributed by atoms with van der Waals surface area (Å²) in [4.78, 5) is 17.0. The van der Waals surface area contributed by atoms with Gasteiger partial charge in [-0.25, -0.2) is 4.68 Å². The van der Waals surface area contributed by atoms with E-state index in [0.717, 1.165) is 50.5 Å². The predicted molar refractivity (Wildman–Crippen MR) is 101 cm³/mol. The molecule has 3 aliphatic heterocycles. The average Bonchev–Trinajstić information content (AvgIpc) is 3.26. The molecular weight excluding hydrogens is 340 g/mol. The third-order valence-electron chi connectivity index (χ3n) is 6.53. The van der Waals surface area contributed by atoms with Crippen LogP contribution in [0.1, 0.15) is 36.2 Å². The van der Waals surface area contributed by atoms with Crippen LogP contribution in [-0.2, 0) is 16.1 Å². The highest BCUT2D eigenvalue weighted by Crippen LogP contribution is 2.45. The van der Waals surface area contributed by atoms with Gasteiger partial charge in [-0.1, -0.05) is 18.2 Å². The Morgan fingerprint density at radius 3 is 2.85 bits per heavy atom. The summed E-state index contributed by atoms with van der Waals surface area (Å²) in [6.07, 6.45) is 2.43. The quantitative estimate of drug-likeness (QED) is 0.837. The lowest BCUT2D eigenvalue weighted by molar-refractivity contribution is -0.180. The van der Waals surface area contributed by atoms with Crippen LogP contribution in [0.5, 0.6) is 0 Å². The number of carbonyl (C=O) groups excluding carboxylic acids is 1. The van der Waals surface area contributed by atoms with Crippen molar-refractivity contribution in [2.24, 2.45) is 0 Å². The van der Waals surface area contributed by atoms with Gasteiger partial charge >= 0.3 is 0 Å². The molecule has 142 valence electrons. The highest BCUT2D eigenvalue weighted by Gasteiger charge is 2.60. The van der Waals surface area contributed by atoms with Crippen LogP contribution in [0.25, 0.3) is 5.69 Å². The predicted octanol–water partition coefficient (Wildman–Crippen LogP) is 2.41. The van der Waals surface area contributed by atoms with Crippen LogP contribution in [0.3, 0.4) is 0 Å². The second kappa shape index (κ2) is 6.17. The van der Waals surface area contributed by atoms with Crippen molar-refractivity contribution in [1.29, 1.82) is 0 Å². The Balaban J connectivity index is 1.44. The van der Waals surface area contributed by atoms with E-state index in [4.69, 9.17) is 9.84 Å². The molecule has 0 bridgehead atoms. The maximum absolute atomic E-state index is 12.5. The van der Waals surface area contributed by atoms with Gasteiger partial charge in [0.2, 0.25) is 5.91 Å². The van der Waals surface area contributed by atoms with Gasteiger partial charge in [-0.15, -0.1) is 0 Å². The van der Waals surface area contributed by atoms with Crippen LogP contribution >= 0.6 is 0 Å². The Labute approximate surface area is 159 Å². The Morgan fingerprint density at radius 2 is 2.04 bits per heavy atom. The number of hydrogen-bond donors (Lipinski definition) is 0. The zero-order valence-corrected chi connectivity index (χ0v) is 16.0. The topological polar surface area (TPSA) is 50.6 Å². The molecule has 2 atom stereocenters. The summed E-state index contributed by atoms with van der Waals surface area (Å²) in [5.74, 6) is 0.248. The van der Waals surface area contributed by atoms with Crippen LogP contribution in [-0.4, -0.2) is 57.0 Å². The first-order valence-electron chi connectivity index (χ1n) is 9.89. The Bertz CT molecular complexity index is 878. The molecule has 1 amide bonds. The zero-order chi connectivity index (χ0) is 18.6. The molecule has 0 saturated carbocycles. The van der Waals surface area contributed by atoms with E-state index < -0.39 is 0 Å². The summed E-state index contributed by atoms with van der Waals surface area (Å²) in [6, 6.07) is 10.4. The van der Waals surface area contributed by atoms with Gasteiger partial charge in [-0.2, -0.15) is 5.10 Å². The van der Waals surface area contributed by atoms with Gasteiger partial charge in [0.25, 0.3) is 0 Å². The van der Waals surface area contributed by atoms with Crippen molar-refractivity contribution < 1.29 is 9.53 Å². The average molecular weight is 366 g/mol. The summed E-state index contributed by atoms with van der Waals surface area (Å²) in [5, 5.41) is 4.78. The van der Waals surface area contributed by atoms with Gasteiger partial charge in [-0.05, 0) is 32.4 Å². The van der Waals surface area contributed by atoms with E-state index in [1.165, 1.54) is 11.3 Å². The van der Waals surface area contributed by atoms with E-state index in [0.29, 0.717) is 6.42 Å². The SMILES string of the molecule is Cc1nn(-c2ccccc2)c(C)c1CN1CC[C@@]23OCCCN2C(=O)C[C@@H]13. The van der Waals surface area contributed by atoms with Crippen molar-refractivity contribution in [3.8, 4) is 5.69 Å². The molecule has 0 unspecified atom stereocenters. The molecule has 3 saturated heterocycles. The van der Waals surface area contributed by atoms with Gasteiger partial charge < -0.3 is 9.64 Å². The Hall–Kier alpha value is -2.18. The minimum atomic E-state index is -0.382. The smallest absolute Gasteiger partial charge is 0.226 e. The molecule has 5 rings (SSSR count). The number of carbonyl (C=O) groups is 1. The van der Waals surface area contributed by atoms with Crippen molar-refractivity contribution in [1.82, 2.24) is 19.6 Å². The summed E-state index contributed by atoms with van der Waals surface area (Å²) in [5.41, 5.74) is 4.19. The molecule has 3 aliphatic rings. The molecule has 3 fully saturated rings. The Kier molecular flexibility index (Phi) is 3.88. The number of para-hydroxylation sites is 1. The number of nitrogens with zero attached hydrogens (tertiary/aromatic N) is 4. The first-order valence-corrected chi connectivity index (χ1v) is 9.89. The van der Waals surface area contributed by atoms with E-state index in [1.807, 2.05) is 27.8 Å². The number of likely N-dealkylation sites (tertiary alicyclic amines) is 1. The number of aryl methyl sites for hydroxylation is 1. The number of ether oxygens (including phenoxy) is 1. The maximum atomic E-state index is 12.5. The van der Waals surface area contributed by atoms with Gasteiger partial charge in [-0.3, -0.25) is 9.69 Å². The number of aromatic nitrogens is 2. The van der Waals surface area contributed by atoms with E-state index in [-0.39, 0.29) is 17.7 Å². The molecule has 2 aromatic rings. The fourth-order valence-electron chi connectivity index (χ4n) is 5.15. The van der Waals surface area contributed by atoms with E-state index in [1.54, 1.807) is 0 Å². The van der Waals surface area contributed by atoms with Crippen molar-refractivity contribution >= 4 is 5.91 Å². The summed E-state index contributed by atoms with van der Waals surface area (Å²) < 4.78 is 8.26. The van der Waals surface area contributed by atoms with Crippen molar-refractivity contribution in [3.05, 3.63) is 47.3 Å². The van der Waals surface area contributed by atoms with E-state index in [9.17, 15) is 4.79 Å². The van der Waals surface area contributed by atoms with Crippen molar-refractivity contribution in [2.45, 2.75) is 51.4 Å². The second-order valence-corrected chi connectivity index (χ2v) is 7.93. The van der Waals surface area contributed by atoms with Crippen LogP contribution in [0.2, 0.25) is 0 Å². The number of hydrogen-bond acceptors (Lipinski definition) is 4. The van der Waals surface area contributed by atoms with Gasteiger partial charge in [0.15, 0.2) is 5.72 Å². The van der Waals surface area contributed by atoms with Crippen LogP contribution in [0.4, 0.5) is 0 Å². The number of rotatable bonds is 3. The van der Waals surface area contributed by atoms with Crippen LogP contribution in [0, 0.1) is 13.8 Å². The molecule has 0 N–H and O–H groups in total.